The molecule has 1 saturated heterocycles. The molecule has 0 aromatic heterocycles. The van der Waals surface area contributed by atoms with Gasteiger partial charge in [-0.15, -0.1) is 0 Å². The van der Waals surface area contributed by atoms with Crippen molar-refractivity contribution in [1.29, 1.82) is 0 Å². The van der Waals surface area contributed by atoms with Crippen LogP contribution in [0.4, 0.5) is 0 Å². The highest BCUT2D eigenvalue weighted by Gasteiger charge is 2.38. The third kappa shape index (κ3) is 2.96. The molecule has 1 aromatic rings. The SMILES string of the molecule is CCN1C(=O)C(CC(C)C)NC1c1cccc(OC)c1. The van der Waals surface area contributed by atoms with Crippen LogP contribution in [0, 0.1) is 5.92 Å². The number of carbonyl (C=O) groups excluding carboxylic acids is 1. The second-order valence-electron chi connectivity index (χ2n) is 5.65. The summed E-state index contributed by atoms with van der Waals surface area (Å²) in [5.41, 5.74) is 1.07. The number of likely N-dealkylation sites (N-methyl/N-ethyl adjacent to an activating group) is 1. The number of nitrogens with one attached hydrogen (secondary N) is 1. The van der Waals surface area contributed by atoms with Gasteiger partial charge in [-0.25, -0.2) is 0 Å². The van der Waals surface area contributed by atoms with Crippen LogP contribution >= 0.6 is 0 Å². The van der Waals surface area contributed by atoms with E-state index in [0.29, 0.717) is 12.5 Å². The average molecular weight is 276 g/mol. The maximum Gasteiger partial charge on any atom is 0.241 e. The first-order valence-corrected chi connectivity index (χ1v) is 7.27. The van der Waals surface area contributed by atoms with Crippen LogP contribution in [0.2, 0.25) is 0 Å². The fraction of sp³-hybridized carbons (Fsp3) is 0.562. The van der Waals surface area contributed by atoms with Crippen LogP contribution in [0.5, 0.6) is 5.75 Å². The molecule has 1 aliphatic rings. The number of amides is 1. The van der Waals surface area contributed by atoms with Gasteiger partial charge in [0.2, 0.25) is 5.91 Å². The molecule has 0 bridgehead atoms. The van der Waals surface area contributed by atoms with Crippen LogP contribution in [0.15, 0.2) is 24.3 Å². The topological polar surface area (TPSA) is 41.6 Å². The standard InChI is InChI=1S/C16H24N2O2/c1-5-18-15(12-7-6-8-13(10-12)20-4)17-14(16(18)19)9-11(2)3/h6-8,10-11,14-15,17H,5,9H2,1-4H3. The van der Waals surface area contributed by atoms with Crippen LogP contribution < -0.4 is 10.1 Å². The minimum absolute atomic E-state index is 0.0497. The number of carbonyl (C=O) groups is 1. The molecule has 0 aliphatic carbocycles. The molecule has 20 heavy (non-hydrogen) atoms. The average Bonchev–Trinajstić information content (AvgIpc) is 2.75. The van der Waals surface area contributed by atoms with E-state index in [1.165, 1.54) is 0 Å². The fourth-order valence-corrected chi connectivity index (χ4v) is 2.75. The number of ether oxygens (including phenoxy) is 1. The molecule has 2 rings (SSSR count). The molecule has 1 fully saturated rings. The number of benzene rings is 1. The zero-order valence-electron chi connectivity index (χ0n) is 12.7. The molecule has 1 aromatic carbocycles. The van der Waals surface area contributed by atoms with Crippen molar-refractivity contribution in [2.75, 3.05) is 13.7 Å². The van der Waals surface area contributed by atoms with E-state index in [-0.39, 0.29) is 18.1 Å². The van der Waals surface area contributed by atoms with Crippen molar-refractivity contribution in [3.05, 3.63) is 29.8 Å². The van der Waals surface area contributed by atoms with Crippen LogP contribution in [0.3, 0.4) is 0 Å². The highest BCUT2D eigenvalue weighted by Crippen LogP contribution is 2.29. The predicted molar refractivity (Wildman–Crippen MR) is 79.5 cm³/mol. The quantitative estimate of drug-likeness (QED) is 0.898. The number of methoxy groups -OCH3 is 1. The summed E-state index contributed by atoms with van der Waals surface area (Å²) in [5.74, 6) is 1.52. The van der Waals surface area contributed by atoms with E-state index in [9.17, 15) is 4.79 Å². The van der Waals surface area contributed by atoms with Crippen LogP contribution in [0.25, 0.3) is 0 Å². The second-order valence-corrected chi connectivity index (χ2v) is 5.65. The number of rotatable bonds is 5. The van der Waals surface area contributed by atoms with Crippen molar-refractivity contribution in [3.8, 4) is 5.75 Å². The van der Waals surface area contributed by atoms with E-state index >= 15 is 0 Å². The Balaban J connectivity index is 2.23. The Labute approximate surface area is 121 Å². The Morgan fingerprint density at radius 3 is 2.75 bits per heavy atom. The Bertz CT molecular complexity index is 473. The third-order valence-corrected chi connectivity index (χ3v) is 3.71. The summed E-state index contributed by atoms with van der Waals surface area (Å²) < 4.78 is 5.27. The Hall–Kier alpha value is -1.55. The van der Waals surface area contributed by atoms with E-state index in [0.717, 1.165) is 17.7 Å². The van der Waals surface area contributed by atoms with Crippen LogP contribution in [-0.2, 0) is 4.79 Å². The van der Waals surface area contributed by atoms with Crippen molar-refractivity contribution in [1.82, 2.24) is 10.2 Å². The molecule has 0 saturated carbocycles. The lowest BCUT2D eigenvalue weighted by atomic mass is 10.0. The summed E-state index contributed by atoms with van der Waals surface area (Å²) in [4.78, 5) is 14.3. The van der Waals surface area contributed by atoms with E-state index in [4.69, 9.17) is 4.74 Å². The maximum atomic E-state index is 12.4. The molecule has 0 spiro atoms. The molecule has 1 aliphatic heterocycles. The molecule has 4 heteroatoms. The van der Waals surface area contributed by atoms with Gasteiger partial charge in [0.05, 0.1) is 13.2 Å². The lowest BCUT2D eigenvalue weighted by Crippen LogP contribution is -2.31. The van der Waals surface area contributed by atoms with Crippen LogP contribution in [0.1, 0.15) is 38.9 Å². The molecule has 4 nitrogen and oxygen atoms in total. The first kappa shape index (κ1) is 14.9. The van der Waals surface area contributed by atoms with Gasteiger partial charge in [-0.1, -0.05) is 26.0 Å². The summed E-state index contributed by atoms with van der Waals surface area (Å²) in [5, 5.41) is 3.46. The van der Waals surface area contributed by atoms with E-state index < -0.39 is 0 Å². The lowest BCUT2D eigenvalue weighted by Gasteiger charge is -2.23. The monoisotopic (exact) mass is 276 g/mol. The molecular formula is C16H24N2O2. The number of hydrogen-bond donors (Lipinski definition) is 1. The molecular weight excluding hydrogens is 252 g/mol. The highest BCUT2D eigenvalue weighted by atomic mass is 16.5. The number of hydrogen-bond acceptors (Lipinski definition) is 3. The second kappa shape index (κ2) is 6.27. The van der Waals surface area contributed by atoms with Crippen molar-refractivity contribution in [3.63, 3.8) is 0 Å². The summed E-state index contributed by atoms with van der Waals surface area (Å²) in [6, 6.07) is 7.83. The summed E-state index contributed by atoms with van der Waals surface area (Å²) in [6.07, 6.45) is 0.821. The van der Waals surface area contributed by atoms with Gasteiger partial charge in [0, 0.05) is 6.54 Å². The van der Waals surface area contributed by atoms with E-state index in [2.05, 4.69) is 19.2 Å². The van der Waals surface area contributed by atoms with Gasteiger partial charge in [-0.05, 0) is 37.0 Å². The van der Waals surface area contributed by atoms with Gasteiger partial charge in [0.25, 0.3) is 0 Å². The molecule has 2 unspecified atom stereocenters. The summed E-state index contributed by atoms with van der Waals surface area (Å²) >= 11 is 0. The normalized spacial score (nSPS) is 22.6. The lowest BCUT2D eigenvalue weighted by molar-refractivity contribution is -0.130. The molecule has 0 radical (unpaired) electrons. The third-order valence-electron chi connectivity index (χ3n) is 3.71. The van der Waals surface area contributed by atoms with Gasteiger partial charge >= 0.3 is 0 Å². The van der Waals surface area contributed by atoms with Gasteiger partial charge < -0.3 is 9.64 Å². The fourth-order valence-electron chi connectivity index (χ4n) is 2.75. The number of nitrogens with zero attached hydrogens (tertiary/aromatic N) is 1. The van der Waals surface area contributed by atoms with E-state index in [1.807, 2.05) is 36.1 Å². The summed E-state index contributed by atoms with van der Waals surface area (Å²) in [6.45, 7) is 7.01. The Morgan fingerprint density at radius 1 is 1.40 bits per heavy atom. The first-order chi connectivity index (χ1) is 9.56. The van der Waals surface area contributed by atoms with Gasteiger partial charge in [-0.2, -0.15) is 0 Å². The van der Waals surface area contributed by atoms with Gasteiger partial charge in [-0.3, -0.25) is 10.1 Å². The molecule has 2 atom stereocenters. The van der Waals surface area contributed by atoms with Crippen molar-refractivity contribution >= 4 is 5.91 Å². The predicted octanol–water partition coefficient (Wildman–Crippen LogP) is 2.56. The maximum absolute atomic E-state index is 12.4. The van der Waals surface area contributed by atoms with E-state index in [1.54, 1.807) is 7.11 Å². The minimum atomic E-state index is -0.0776. The molecule has 1 heterocycles. The first-order valence-electron chi connectivity index (χ1n) is 7.27. The van der Waals surface area contributed by atoms with Crippen LogP contribution in [-0.4, -0.2) is 30.5 Å². The zero-order valence-corrected chi connectivity index (χ0v) is 12.7. The zero-order chi connectivity index (χ0) is 14.7. The van der Waals surface area contributed by atoms with Crippen molar-refractivity contribution in [2.45, 2.75) is 39.4 Å². The largest absolute Gasteiger partial charge is 0.497 e. The minimum Gasteiger partial charge on any atom is -0.497 e. The van der Waals surface area contributed by atoms with Gasteiger partial charge in [0.1, 0.15) is 11.9 Å². The Kier molecular flexibility index (Phi) is 4.65. The molecule has 110 valence electrons. The van der Waals surface area contributed by atoms with Crippen molar-refractivity contribution < 1.29 is 9.53 Å². The van der Waals surface area contributed by atoms with Gasteiger partial charge in [0.15, 0.2) is 0 Å². The Morgan fingerprint density at radius 2 is 2.15 bits per heavy atom. The molecule has 1 amide bonds. The highest BCUT2D eigenvalue weighted by molar-refractivity contribution is 5.84. The summed E-state index contributed by atoms with van der Waals surface area (Å²) in [7, 11) is 1.66. The smallest absolute Gasteiger partial charge is 0.241 e. The molecule has 1 N–H and O–H groups in total. The van der Waals surface area contributed by atoms with Crippen molar-refractivity contribution in [2.24, 2.45) is 5.92 Å².